The van der Waals surface area contributed by atoms with Gasteiger partial charge in [0.1, 0.15) is 11.9 Å². The fourth-order valence-corrected chi connectivity index (χ4v) is 3.38. The molecule has 8 heteroatoms. The number of halogens is 2. The van der Waals surface area contributed by atoms with Gasteiger partial charge in [-0.05, 0) is 30.7 Å². The Morgan fingerprint density at radius 3 is 2.64 bits per heavy atom. The van der Waals surface area contributed by atoms with E-state index in [1.807, 2.05) is 30.3 Å². The van der Waals surface area contributed by atoms with Crippen LogP contribution < -0.4 is 14.8 Å². The smallest absolute Gasteiger partial charge is 0.270 e. The highest BCUT2D eigenvalue weighted by atomic mass is 35.5. The number of carbonyl (C=O) groups excluding carboxylic acids is 1. The number of benzene rings is 2. The predicted octanol–water partition coefficient (Wildman–Crippen LogP) is 4.41. The molecular formula is C20H17Cl2N3O3. The second kappa shape index (κ2) is 7.73. The van der Waals surface area contributed by atoms with Crippen molar-refractivity contribution in [2.24, 2.45) is 0 Å². The van der Waals surface area contributed by atoms with Crippen molar-refractivity contribution in [2.45, 2.75) is 25.7 Å². The molecule has 0 bridgehead atoms. The average Bonchev–Trinajstić information content (AvgIpc) is 3.11. The molecule has 4 rings (SSSR count). The maximum Gasteiger partial charge on any atom is 0.270 e. The van der Waals surface area contributed by atoms with Crippen molar-refractivity contribution in [3.63, 3.8) is 0 Å². The van der Waals surface area contributed by atoms with Crippen molar-refractivity contribution in [1.82, 2.24) is 9.78 Å². The number of fused-ring (bicyclic) bond motifs is 1. The fourth-order valence-electron chi connectivity index (χ4n) is 3.00. The lowest BCUT2D eigenvalue weighted by molar-refractivity contribution is -0.128. The Labute approximate surface area is 172 Å². The third kappa shape index (κ3) is 3.66. The quantitative estimate of drug-likeness (QED) is 0.682. The van der Waals surface area contributed by atoms with Gasteiger partial charge in [-0.25, -0.2) is 4.68 Å². The summed E-state index contributed by atoms with van der Waals surface area (Å²) in [5, 5.41) is 8.05. The first-order chi connectivity index (χ1) is 13.5. The van der Waals surface area contributed by atoms with Crippen LogP contribution in [0.3, 0.4) is 0 Å². The van der Waals surface area contributed by atoms with Gasteiger partial charge >= 0.3 is 0 Å². The highest BCUT2D eigenvalue weighted by Crippen LogP contribution is 2.33. The maximum atomic E-state index is 12.8. The number of hydrogen-bond donors (Lipinski definition) is 1. The van der Waals surface area contributed by atoms with E-state index in [1.165, 1.54) is 0 Å². The summed E-state index contributed by atoms with van der Waals surface area (Å²) in [6, 6.07) is 14.4. The van der Waals surface area contributed by atoms with Crippen LogP contribution in [0.5, 0.6) is 11.5 Å². The van der Waals surface area contributed by atoms with Gasteiger partial charge in [0.05, 0.1) is 22.8 Å². The van der Waals surface area contributed by atoms with Gasteiger partial charge in [0.2, 0.25) is 6.10 Å². The lowest BCUT2D eigenvalue weighted by Crippen LogP contribution is -2.46. The lowest BCUT2D eigenvalue weighted by Gasteiger charge is -2.31. The molecule has 0 fully saturated rings. The average molecular weight is 418 g/mol. The highest BCUT2D eigenvalue weighted by Gasteiger charge is 2.34. The van der Waals surface area contributed by atoms with Gasteiger partial charge in [-0.1, -0.05) is 47.5 Å². The molecular weight excluding hydrogens is 401 g/mol. The number of para-hydroxylation sites is 2. The number of carbonyl (C=O) groups is 1. The summed E-state index contributed by atoms with van der Waals surface area (Å²) in [5.41, 5.74) is 0.799. The molecule has 0 aliphatic carbocycles. The predicted molar refractivity (Wildman–Crippen MR) is 107 cm³/mol. The fraction of sp³-hybridized carbons (Fsp3) is 0.200. The number of hydrogen-bond acceptors (Lipinski definition) is 4. The van der Waals surface area contributed by atoms with E-state index in [0.717, 1.165) is 5.56 Å². The van der Waals surface area contributed by atoms with E-state index in [1.54, 1.807) is 36.0 Å². The molecule has 6 nitrogen and oxygen atoms in total. The van der Waals surface area contributed by atoms with Crippen molar-refractivity contribution in [3.8, 4) is 11.5 Å². The molecule has 1 aromatic heterocycles. The van der Waals surface area contributed by atoms with Gasteiger partial charge in [0.25, 0.3) is 5.91 Å². The summed E-state index contributed by atoms with van der Waals surface area (Å²) < 4.78 is 13.3. The van der Waals surface area contributed by atoms with Crippen LogP contribution in [0.4, 0.5) is 5.82 Å². The van der Waals surface area contributed by atoms with Crippen LogP contribution in [0.25, 0.3) is 0 Å². The van der Waals surface area contributed by atoms with Crippen LogP contribution in [0.2, 0.25) is 10.0 Å². The number of rotatable bonds is 4. The molecule has 0 unspecified atom stereocenters. The zero-order valence-corrected chi connectivity index (χ0v) is 16.4. The molecule has 1 N–H and O–H groups in total. The second-order valence-electron chi connectivity index (χ2n) is 6.38. The normalized spacial score (nSPS) is 18.0. The molecule has 0 saturated carbocycles. The minimum absolute atomic E-state index is 0.319. The van der Waals surface area contributed by atoms with E-state index < -0.39 is 12.2 Å². The summed E-state index contributed by atoms with van der Waals surface area (Å²) in [4.78, 5) is 12.8. The molecule has 0 spiro atoms. The minimum atomic E-state index is -0.784. The summed E-state index contributed by atoms with van der Waals surface area (Å²) in [7, 11) is 0. The first kappa shape index (κ1) is 18.7. The van der Waals surface area contributed by atoms with Crippen molar-refractivity contribution >= 4 is 34.9 Å². The second-order valence-corrected chi connectivity index (χ2v) is 7.17. The van der Waals surface area contributed by atoms with Gasteiger partial charge in [0.15, 0.2) is 11.5 Å². The summed E-state index contributed by atoms with van der Waals surface area (Å²) >= 11 is 12.3. The van der Waals surface area contributed by atoms with Crippen LogP contribution in [-0.4, -0.2) is 27.9 Å². The Balaban J connectivity index is 1.50. The van der Waals surface area contributed by atoms with Gasteiger partial charge < -0.3 is 14.8 Å². The van der Waals surface area contributed by atoms with Crippen molar-refractivity contribution < 1.29 is 14.3 Å². The maximum absolute atomic E-state index is 12.8. The summed E-state index contributed by atoms with van der Waals surface area (Å²) in [6.45, 7) is 2.16. The Morgan fingerprint density at radius 2 is 1.86 bits per heavy atom. The third-order valence-electron chi connectivity index (χ3n) is 4.42. The Hall–Kier alpha value is -2.70. The Morgan fingerprint density at radius 1 is 1.11 bits per heavy atom. The highest BCUT2D eigenvalue weighted by molar-refractivity contribution is 6.42. The van der Waals surface area contributed by atoms with Crippen LogP contribution in [-0.2, 0) is 11.3 Å². The molecule has 3 aromatic rings. The van der Waals surface area contributed by atoms with Crippen LogP contribution in [0.1, 0.15) is 12.5 Å². The summed E-state index contributed by atoms with van der Waals surface area (Å²) in [5.74, 6) is 1.37. The Kier molecular flexibility index (Phi) is 5.15. The number of ether oxygens (including phenoxy) is 2. The van der Waals surface area contributed by atoms with E-state index in [2.05, 4.69) is 10.4 Å². The molecule has 2 heterocycles. The SMILES string of the molecule is C[C@@H]1Oc2ccccc2O[C@@H]1C(=O)Nc1ccnn1Cc1cccc(Cl)c1Cl. The lowest BCUT2D eigenvalue weighted by atomic mass is 10.1. The van der Waals surface area contributed by atoms with E-state index in [4.69, 9.17) is 32.7 Å². The topological polar surface area (TPSA) is 65.4 Å². The number of aromatic nitrogens is 2. The van der Waals surface area contributed by atoms with E-state index in [9.17, 15) is 4.79 Å². The van der Waals surface area contributed by atoms with Crippen molar-refractivity contribution in [1.29, 1.82) is 0 Å². The Bertz CT molecular complexity index is 1020. The molecule has 1 aliphatic heterocycles. The molecule has 1 aliphatic rings. The molecule has 1 amide bonds. The molecule has 0 radical (unpaired) electrons. The number of amides is 1. The van der Waals surface area contributed by atoms with Crippen molar-refractivity contribution in [3.05, 3.63) is 70.3 Å². The van der Waals surface area contributed by atoms with Gasteiger partial charge in [-0.3, -0.25) is 4.79 Å². The van der Waals surface area contributed by atoms with E-state index in [0.29, 0.717) is 33.9 Å². The molecule has 2 aromatic carbocycles. The number of nitrogens with zero attached hydrogens (tertiary/aromatic N) is 2. The standard InChI is InChI=1S/C20H17Cl2N3O3/c1-12-19(28-16-8-3-2-7-15(16)27-12)20(26)24-17-9-10-23-25(17)11-13-5-4-6-14(21)18(13)22/h2-10,12,19H,11H2,1H3,(H,24,26)/t12-,19-/m0/s1. The zero-order valence-electron chi connectivity index (χ0n) is 14.9. The van der Waals surface area contributed by atoms with Crippen LogP contribution in [0, 0.1) is 0 Å². The minimum Gasteiger partial charge on any atom is -0.482 e. The first-order valence-electron chi connectivity index (χ1n) is 8.71. The van der Waals surface area contributed by atoms with Gasteiger partial charge in [0, 0.05) is 6.07 Å². The first-order valence-corrected chi connectivity index (χ1v) is 9.46. The van der Waals surface area contributed by atoms with E-state index >= 15 is 0 Å². The van der Waals surface area contributed by atoms with Crippen LogP contribution in [0.15, 0.2) is 54.7 Å². The molecule has 2 atom stereocenters. The van der Waals surface area contributed by atoms with Crippen molar-refractivity contribution in [2.75, 3.05) is 5.32 Å². The largest absolute Gasteiger partial charge is 0.482 e. The molecule has 0 saturated heterocycles. The monoisotopic (exact) mass is 417 g/mol. The third-order valence-corrected chi connectivity index (χ3v) is 5.28. The zero-order chi connectivity index (χ0) is 19.7. The number of anilines is 1. The molecule has 144 valence electrons. The van der Waals surface area contributed by atoms with E-state index in [-0.39, 0.29) is 5.91 Å². The van der Waals surface area contributed by atoms with Gasteiger partial charge in [-0.2, -0.15) is 5.10 Å². The van der Waals surface area contributed by atoms with Gasteiger partial charge in [-0.15, -0.1) is 0 Å². The number of nitrogens with one attached hydrogen (secondary N) is 1. The molecule has 28 heavy (non-hydrogen) atoms. The van der Waals surface area contributed by atoms with Crippen LogP contribution >= 0.6 is 23.2 Å². The summed E-state index contributed by atoms with van der Waals surface area (Å²) in [6.07, 6.45) is 0.382.